The van der Waals surface area contributed by atoms with E-state index in [0.29, 0.717) is 11.8 Å². The molecule has 0 bridgehead atoms. The standard InChI is InChI=1S/C28H26.C28H24.2Na/c2*1-5-13-23(14-6-1)27(24-15-7-2-8-16-24)21-22-28(25-17-9-3-10-18-25)26-19-11-4-12-20-26;;/h1-20,27-28H,21-22H2;1-20H,21-22H2;;/q;-2;2*+1. The van der Waals surface area contributed by atoms with Crippen molar-refractivity contribution in [3.8, 4) is 0 Å². The first-order valence-corrected chi connectivity index (χ1v) is 20.0. The van der Waals surface area contributed by atoms with E-state index in [0.717, 1.165) is 25.7 Å². The molecule has 0 fully saturated rings. The van der Waals surface area contributed by atoms with E-state index in [1.807, 2.05) is 0 Å². The Morgan fingerprint density at radius 1 is 0.241 bits per heavy atom. The normalized spacial score (nSPS) is 10.4. The van der Waals surface area contributed by atoms with E-state index in [-0.39, 0.29) is 59.1 Å². The van der Waals surface area contributed by atoms with Crippen LogP contribution in [0.1, 0.15) is 82.0 Å². The molecule has 0 saturated heterocycles. The van der Waals surface area contributed by atoms with Crippen LogP contribution in [-0.2, 0) is 0 Å². The molecule has 0 aromatic heterocycles. The SMILES string of the molecule is [Na+].[Na+].c1ccc(C(CCC(c2ccccc2)c2ccccc2)c2ccccc2)cc1.c1ccc([C-](CC[C-](c2ccccc2)c2ccccc2)c2ccccc2)cc1. The largest absolute Gasteiger partial charge is 1.00 e. The van der Waals surface area contributed by atoms with Gasteiger partial charge in [0.1, 0.15) is 0 Å². The number of hydrogen-bond acceptors (Lipinski definition) is 0. The van der Waals surface area contributed by atoms with Gasteiger partial charge in [-0.1, -0.05) is 207 Å². The minimum Gasteiger partial charge on any atom is -0.120 e. The first-order chi connectivity index (χ1) is 27.8. The summed E-state index contributed by atoms with van der Waals surface area (Å²) in [7, 11) is 0. The zero-order valence-corrected chi connectivity index (χ0v) is 38.1. The molecule has 2 heteroatoms. The maximum atomic E-state index is 2.26. The smallest absolute Gasteiger partial charge is 0.120 e. The van der Waals surface area contributed by atoms with Gasteiger partial charge in [0, 0.05) is 11.8 Å². The van der Waals surface area contributed by atoms with Crippen molar-refractivity contribution in [2.75, 3.05) is 0 Å². The van der Waals surface area contributed by atoms with Crippen LogP contribution < -0.4 is 59.1 Å². The zero-order valence-electron chi connectivity index (χ0n) is 34.1. The summed E-state index contributed by atoms with van der Waals surface area (Å²) in [5.74, 6) is 3.62. The Labute approximate surface area is 392 Å². The topological polar surface area (TPSA) is 0 Å². The Hall–Kier alpha value is -4.50. The van der Waals surface area contributed by atoms with E-state index in [1.54, 1.807) is 0 Å². The van der Waals surface area contributed by atoms with Crippen molar-refractivity contribution in [1.82, 2.24) is 0 Å². The van der Waals surface area contributed by atoms with Crippen molar-refractivity contribution in [2.24, 2.45) is 0 Å². The average Bonchev–Trinajstić information content (AvgIpc) is 3.29. The third kappa shape index (κ3) is 12.7. The molecule has 8 aromatic carbocycles. The van der Waals surface area contributed by atoms with Crippen molar-refractivity contribution in [1.29, 1.82) is 0 Å². The minimum atomic E-state index is 0. The van der Waals surface area contributed by atoms with Crippen LogP contribution in [0.4, 0.5) is 0 Å². The molecule has 276 valence electrons. The van der Waals surface area contributed by atoms with E-state index in [1.165, 1.54) is 56.3 Å². The van der Waals surface area contributed by atoms with Crippen molar-refractivity contribution < 1.29 is 59.1 Å². The summed E-state index contributed by atoms with van der Waals surface area (Å²) in [6, 6.07) is 86.7. The van der Waals surface area contributed by atoms with Gasteiger partial charge in [0.2, 0.25) is 0 Å². The van der Waals surface area contributed by atoms with Gasteiger partial charge in [-0.05, 0) is 35.1 Å². The van der Waals surface area contributed by atoms with E-state index >= 15 is 0 Å². The second-order valence-electron chi connectivity index (χ2n) is 14.2. The molecule has 0 spiro atoms. The third-order valence-corrected chi connectivity index (χ3v) is 10.7. The van der Waals surface area contributed by atoms with Crippen LogP contribution >= 0.6 is 0 Å². The van der Waals surface area contributed by atoms with Crippen LogP contribution in [-0.4, -0.2) is 0 Å². The first kappa shape index (κ1) is 44.6. The average molecular weight is 769 g/mol. The summed E-state index contributed by atoms with van der Waals surface area (Å²) in [4.78, 5) is 0. The monoisotopic (exact) mass is 768 g/mol. The van der Waals surface area contributed by atoms with E-state index in [9.17, 15) is 0 Å². The molecule has 0 amide bonds. The van der Waals surface area contributed by atoms with Crippen LogP contribution in [0.3, 0.4) is 0 Å². The summed E-state index contributed by atoms with van der Waals surface area (Å²) in [5, 5.41) is 0. The quantitative estimate of drug-likeness (QED) is 0.0769. The van der Waals surface area contributed by atoms with Gasteiger partial charge in [-0.15, -0.1) is 82.6 Å². The summed E-state index contributed by atoms with van der Waals surface area (Å²) in [6.07, 6.45) is 4.21. The van der Waals surface area contributed by atoms with Crippen molar-refractivity contribution in [3.05, 3.63) is 299 Å². The molecular formula is C56H50Na2. The Morgan fingerprint density at radius 3 is 0.603 bits per heavy atom. The Bertz CT molecular complexity index is 1740. The fourth-order valence-corrected chi connectivity index (χ4v) is 7.84. The molecule has 0 aliphatic heterocycles. The first-order valence-electron chi connectivity index (χ1n) is 20.0. The molecule has 0 aliphatic rings. The summed E-state index contributed by atoms with van der Waals surface area (Å²) in [6.45, 7) is 0. The molecule has 0 unspecified atom stereocenters. The minimum absolute atomic E-state index is 0. The number of rotatable bonds is 14. The Morgan fingerprint density at radius 2 is 0.414 bits per heavy atom. The number of hydrogen-bond donors (Lipinski definition) is 0. The maximum absolute atomic E-state index is 2.26. The van der Waals surface area contributed by atoms with Crippen LogP contribution in [0.25, 0.3) is 0 Å². The van der Waals surface area contributed by atoms with Gasteiger partial charge in [-0.3, -0.25) is 0 Å². The van der Waals surface area contributed by atoms with Gasteiger partial charge in [0.15, 0.2) is 0 Å². The van der Waals surface area contributed by atoms with Crippen LogP contribution in [0.5, 0.6) is 0 Å². The van der Waals surface area contributed by atoms with Gasteiger partial charge in [-0.2, -0.15) is 0 Å². The Balaban J connectivity index is 0.000000214. The molecule has 58 heavy (non-hydrogen) atoms. The molecular weight excluding hydrogens is 719 g/mol. The van der Waals surface area contributed by atoms with Crippen molar-refractivity contribution in [3.63, 3.8) is 0 Å². The van der Waals surface area contributed by atoms with Gasteiger partial charge in [0.05, 0.1) is 0 Å². The summed E-state index contributed by atoms with van der Waals surface area (Å²) in [5.41, 5.74) is 10.8. The molecule has 0 radical (unpaired) electrons. The number of benzene rings is 8. The van der Waals surface area contributed by atoms with Gasteiger partial charge >= 0.3 is 59.1 Å². The van der Waals surface area contributed by atoms with Crippen molar-refractivity contribution in [2.45, 2.75) is 37.5 Å². The summed E-state index contributed by atoms with van der Waals surface area (Å²) < 4.78 is 0. The molecule has 0 N–H and O–H groups in total. The molecule has 0 nitrogen and oxygen atoms in total. The fraction of sp³-hybridized carbons (Fsp3) is 0.107. The second kappa shape index (κ2) is 24.4. The predicted molar refractivity (Wildman–Crippen MR) is 237 cm³/mol. The third-order valence-electron chi connectivity index (χ3n) is 10.7. The van der Waals surface area contributed by atoms with E-state index in [4.69, 9.17) is 0 Å². The predicted octanol–water partition coefficient (Wildman–Crippen LogP) is 8.55. The Kier molecular flexibility index (Phi) is 18.8. The van der Waals surface area contributed by atoms with Gasteiger partial charge < -0.3 is 0 Å². The molecule has 0 aliphatic carbocycles. The molecule has 0 heterocycles. The van der Waals surface area contributed by atoms with Crippen LogP contribution in [0.15, 0.2) is 243 Å². The zero-order chi connectivity index (χ0) is 38.0. The van der Waals surface area contributed by atoms with Gasteiger partial charge in [0.25, 0.3) is 0 Å². The molecule has 0 atom stereocenters. The maximum Gasteiger partial charge on any atom is 1.00 e. The van der Waals surface area contributed by atoms with Crippen LogP contribution in [0.2, 0.25) is 0 Å². The summed E-state index contributed by atoms with van der Waals surface area (Å²) >= 11 is 0. The van der Waals surface area contributed by atoms with Crippen molar-refractivity contribution >= 4 is 0 Å². The second-order valence-corrected chi connectivity index (χ2v) is 14.2. The van der Waals surface area contributed by atoms with E-state index in [2.05, 4.69) is 243 Å². The molecule has 0 saturated carbocycles. The van der Waals surface area contributed by atoms with E-state index < -0.39 is 0 Å². The van der Waals surface area contributed by atoms with Gasteiger partial charge in [-0.25, -0.2) is 0 Å². The van der Waals surface area contributed by atoms with Crippen LogP contribution in [0, 0.1) is 11.8 Å². The molecule has 8 rings (SSSR count). The molecule has 8 aromatic rings. The fourth-order valence-electron chi connectivity index (χ4n) is 7.84.